The van der Waals surface area contributed by atoms with E-state index in [0.29, 0.717) is 19.3 Å². The van der Waals surface area contributed by atoms with Crippen LogP contribution in [-0.4, -0.2) is 88.7 Å². The molecule has 1 aromatic rings. The van der Waals surface area contributed by atoms with Crippen molar-refractivity contribution in [1.82, 2.24) is 15.2 Å². The third-order valence-corrected chi connectivity index (χ3v) is 10.9. The molecule has 280 valence electrons. The van der Waals surface area contributed by atoms with Gasteiger partial charge in [-0.3, -0.25) is 24.1 Å². The fourth-order valence-corrected chi connectivity index (χ4v) is 7.40. The van der Waals surface area contributed by atoms with Crippen molar-refractivity contribution in [2.24, 2.45) is 23.0 Å². The summed E-state index contributed by atoms with van der Waals surface area (Å²) in [6.45, 7) is 12.6. The van der Waals surface area contributed by atoms with Gasteiger partial charge in [0.2, 0.25) is 0 Å². The number of ketones is 1. The second-order valence-corrected chi connectivity index (χ2v) is 15.6. The molecule has 0 aromatic carbocycles. The van der Waals surface area contributed by atoms with Crippen LogP contribution in [0.5, 0.6) is 0 Å². The van der Waals surface area contributed by atoms with Crippen LogP contribution in [0.2, 0.25) is 0 Å². The van der Waals surface area contributed by atoms with Crippen molar-refractivity contribution in [2.45, 2.75) is 117 Å². The van der Waals surface area contributed by atoms with Gasteiger partial charge < -0.3 is 30.0 Å². The second kappa shape index (κ2) is 16.5. The number of primary amides is 1. The van der Waals surface area contributed by atoms with Gasteiger partial charge in [-0.25, -0.2) is 14.6 Å². The number of aromatic nitrogens is 1. The molecule has 2 fully saturated rings. The number of ether oxygens (including phenoxy) is 4. The van der Waals surface area contributed by atoms with Crippen molar-refractivity contribution in [2.75, 3.05) is 13.1 Å². The summed E-state index contributed by atoms with van der Waals surface area (Å²) >= 11 is 1.51. The van der Waals surface area contributed by atoms with Gasteiger partial charge in [0.25, 0.3) is 11.8 Å². The van der Waals surface area contributed by atoms with Crippen LogP contribution < -0.4 is 11.1 Å². The Balaban J connectivity index is 1.58. The Morgan fingerprint density at radius 1 is 1.14 bits per heavy atom. The lowest BCUT2D eigenvalue weighted by Gasteiger charge is -2.37. The standard InChI is InChI=1S/C36H50N4O10S/c1-20-10-8-13-36(7)27(50-36)17-25(21(2)16-24-19-51-23(4)39-24)47-30(43)18-26(35(5,6)32(44)22(3)31(20)49-33(37)45)48-34(46)38-14-9-15-40-28(41)11-12-29(40)42/h11-12,16,19-20,22,25-27,31H,8-10,13-15,17-18H2,1-7H3,(H2,37,45)(H,38,46). The van der Waals surface area contributed by atoms with E-state index in [4.69, 9.17) is 24.7 Å². The zero-order valence-corrected chi connectivity index (χ0v) is 31.2. The summed E-state index contributed by atoms with van der Waals surface area (Å²) in [5, 5.41) is 5.40. The Kier molecular flexibility index (Phi) is 12.8. The van der Waals surface area contributed by atoms with Gasteiger partial charge in [-0.05, 0) is 71.4 Å². The fraction of sp³-hybridized carbons (Fsp3) is 0.639. The van der Waals surface area contributed by atoms with Gasteiger partial charge in [-0.2, -0.15) is 0 Å². The van der Waals surface area contributed by atoms with E-state index in [-0.39, 0.29) is 31.5 Å². The van der Waals surface area contributed by atoms with Gasteiger partial charge in [-0.15, -0.1) is 11.3 Å². The van der Waals surface area contributed by atoms with Crippen molar-refractivity contribution in [3.63, 3.8) is 0 Å². The molecule has 0 bridgehead atoms. The van der Waals surface area contributed by atoms with E-state index in [1.807, 2.05) is 39.2 Å². The quantitative estimate of drug-likeness (QED) is 0.124. The monoisotopic (exact) mass is 730 g/mol. The lowest BCUT2D eigenvalue weighted by atomic mass is 9.72. The van der Waals surface area contributed by atoms with Gasteiger partial charge in [0.05, 0.1) is 40.2 Å². The normalized spacial score (nSPS) is 30.4. The molecule has 3 N–H and O–H groups in total. The Labute approximate surface area is 302 Å². The minimum atomic E-state index is -1.46. The van der Waals surface area contributed by atoms with E-state index < -0.39 is 77.4 Å². The number of esters is 1. The van der Waals surface area contributed by atoms with Gasteiger partial charge in [0, 0.05) is 37.0 Å². The minimum Gasteiger partial charge on any atom is -0.458 e. The highest BCUT2D eigenvalue weighted by Crippen LogP contribution is 2.45. The molecule has 3 aliphatic rings. The van der Waals surface area contributed by atoms with Crippen LogP contribution in [-0.2, 0) is 38.1 Å². The molecule has 14 nitrogen and oxygen atoms in total. The van der Waals surface area contributed by atoms with Crippen LogP contribution in [0.15, 0.2) is 23.1 Å². The van der Waals surface area contributed by atoms with Crippen molar-refractivity contribution in [3.8, 4) is 0 Å². The number of fused-ring (bicyclic) bond motifs is 1. The van der Waals surface area contributed by atoms with Gasteiger partial charge in [0.15, 0.2) is 0 Å². The molecular weight excluding hydrogens is 680 g/mol. The molecule has 0 saturated carbocycles. The first-order chi connectivity index (χ1) is 23.9. The zero-order chi connectivity index (χ0) is 37.7. The predicted molar refractivity (Wildman–Crippen MR) is 187 cm³/mol. The molecule has 2 saturated heterocycles. The van der Waals surface area contributed by atoms with Crippen LogP contribution in [0.4, 0.5) is 9.59 Å². The van der Waals surface area contributed by atoms with Crippen molar-refractivity contribution in [3.05, 3.63) is 33.8 Å². The topological polar surface area (TPSA) is 197 Å². The molecule has 1 aromatic heterocycles. The third-order valence-electron chi connectivity index (χ3n) is 10.1. The first-order valence-corrected chi connectivity index (χ1v) is 18.2. The number of nitrogens with one attached hydrogen (secondary N) is 1. The minimum absolute atomic E-state index is 0.0478. The summed E-state index contributed by atoms with van der Waals surface area (Å²) < 4.78 is 23.5. The van der Waals surface area contributed by atoms with Gasteiger partial charge in [0.1, 0.15) is 24.1 Å². The average molecular weight is 731 g/mol. The summed E-state index contributed by atoms with van der Waals surface area (Å²) in [5.41, 5.74) is 5.04. The van der Waals surface area contributed by atoms with Crippen LogP contribution in [0.3, 0.4) is 0 Å². The molecule has 7 unspecified atom stereocenters. The number of Topliss-reactive ketones (excluding diaryl/α,β-unsaturated/α-hetero) is 1. The molecule has 3 aliphatic heterocycles. The highest BCUT2D eigenvalue weighted by Gasteiger charge is 2.53. The number of nitrogens with zero attached hydrogens (tertiary/aromatic N) is 2. The summed E-state index contributed by atoms with van der Waals surface area (Å²) in [4.78, 5) is 82.4. The maximum absolute atomic E-state index is 14.2. The predicted octanol–water partition coefficient (Wildman–Crippen LogP) is 4.63. The number of aryl methyl sites for hydroxylation is 1. The number of thiazole rings is 1. The number of nitrogens with two attached hydrogens (primary N) is 1. The van der Waals surface area contributed by atoms with Crippen molar-refractivity contribution in [1.29, 1.82) is 0 Å². The highest BCUT2D eigenvalue weighted by molar-refractivity contribution is 7.09. The van der Waals surface area contributed by atoms with Crippen molar-refractivity contribution < 1.29 is 47.7 Å². The molecule has 15 heteroatoms. The van der Waals surface area contributed by atoms with Crippen LogP contribution in [0, 0.1) is 24.2 Å². The Morgan fingerprint density at radius 2 is 1.82 bits per heavy atom. The van der Waals surface area contributed by atoms with E-state index in [1.165, 1.54) is 23.5 Å². The first kappa shape index (κ1) is 39.7. The van der Waals surface area contributed by atoms with Gasteiger partial charge in [-0.1, -0.05) is 20.3 Å². The average Bonchev–Trinajstić information content (AvgIpc) is 3.30. The molecule has 4 rings (SSSR count). The number of carbonyl (C=O) groups excluding carboxylic acids is 6. The van der Waals surface area contributed by atoms with Crippen LogP contribution in [0.1, 0.15) is 90.8 Å². The van der Waals surface area contributed by atoms with Gasteiger partial charge >= 0.3 is 18.2 Å². The lowest BCUT2D eigenvalue weighted by Crippen LogP contribution is -2.49. The first-order valence-electron chi connectivity index (χ1n) is 17.4. The zero-order valence-electron chi connectivity index (χ0n) is 30.4. The molecule has 0 radical (unpaired) electrons. The number of hydrogen-bond donors (Lipinski definition) is 2. The molecular formula is C36H50N4O10S. The fourth-order valence-electron chi connectivity index (χ4n) is 6.83. The van der Waals surface area contributed by atoms with E-state index in [1.54, 1.807) is 20.8 Å². The number of cyclic esters (lactones) is 1. The number of hydrogen-bond acceptors (Lipinski definition) is 12. The van der Waals surface area contributed by atoms with Crippen LogP contribution >= 0.6 is 11.3 Å². The molecule has 7 atom stereocenters. The summed E-state index contributed by atoms with van der Waals surface area (Å²) in [7, 11) is 0. The molecule has 4 heterocycles. The van der Waals surface area contributed by atoms with E-state index in [9.17, 15) is 28.8 Å². The number of rotatable bonds is 8. The number of imide groups is 1. The summed E-state index contributed by atoms with van der Waals surface area (Å²) in [6.07, 6.45) is 1.51. The third kappa shape index (κ3) is 10.2. The van der Waals surface area contributed by atoms with Crippen molar-refractivity contribution >= 4 is 53.2 Å². The number of amides is 4. The number of epoxide rings is 1. The molecule has 4 amide bonds. The molecule has 0 aliphatic carbocycles. The number of alkyl carbamates (subject to hydrolysis) is 1. The van der Waals surface area contributed by atoms with Crippen LogP contribution in [0.25, 0.3) is 6.08 Å². The maximum Gasteiger partial charge on any atom is 0.407 e. The van der Waals surface area contributed by atoms with E-state index in [0.717, 1.165) is 27.6 Å². The Morgan fingerprint density at radius 3 is 2.45 bits per heavy atom. The maximum atomic E-state index is 14.2. The van der Waals surface area contributed by atoms with E-state index in [2.05, 4.69) is 10.3 Å². The Bertz CT molecular complexity index is 1550. The highest BCUT2D eigenvalue weighted by atomic mass is 32.1. The lowest BCUT2D eigenvalue weighted by molar-refractivity contribution is -0.154. The summed E-state index contributed by atoms with van der Waals surface area (Å²) in [5.74, 6) is -3.09. The second-order valence-electron chi connectivity index (χ2n) is 14.5. The largest absolute Gasteiger partial charge is 0.458 e. The molecule has 0 spiro atoms. The summed E-state index contributed by atoms with van der Waals surface area (Å²) in [6, 6.07) is 0. The SMILES string of the molecule is CC(=Cc1csc(C)n1)C1CC2OC2(C)CCCC(C)C(OC(N)=O)C(C)C(=O)C(C)(C)C(OC(=O)NCCCN2C(=O)C=CC2=O)CC(=O)O1. The van der Waals surface area contributed by atoms with E-state index >= 15 is 0 Å². The number of carbonyl (C=O) groups is 6. The smallest absolute Gasteiger partial charge is 0.407 e. The Hall–Kier alpha value is -4.11. The molecule has 51 heavy (non-hydrogen) atoms.